The van der Waals surface area contributed by atoms with Gasteiger partial charge in [0.05, 0.1) is 23.4 Å². The van der Waals surface area contributed by atoms with Gasteiger partial charge in [0.25, 0.3) is 0 Å². The Morgan fingerprint density at radius 2 is 1.27 bits per heavy atom. The number of hydrogen-bond acceptors (Lipinski definition) is 2. The SMILES string of the molecule is CC(C)(C)C1c2ccc(-c3ccc4c(c3)ncn4C(c3ccccc3)(c3ccccc3)c3ccccc3)cc2CCN1C(=O)O. The molecule has 0 radical (unpaired) electrons. The van der Waals surface area contributed by atoms with Gasteiger partial charge in [-0.15, -0.1) is 0 Å². The number of hydrogen-bond donors (Lipinski definition) is 1. The highest BCUT2D eigenvalue weighted by Gasteiger charge is 2.40. The number of aromatic nitrogens is 2. The van der Waals surface area contributed by atoms with Crippen molar-refractivity contribution >= 4 is 17.1 Å². The minimum atomic E-state index is -0.858. The number of nitrogens with zero attached hydrogens (tertiary/aromatic N) is 3. The molecule has 1 atom stereocenters. The van der Waals surface area contributed by atoms with Gasteiger partial charge in [-0.25, -0.2) is 9.78 Å². The lowest BCUT2D eigenvalue weighted by Crippen LogP contribution is -2.44. The Kier molecular flexibility index (Phi) is 7.04. The van der Waals surface area contributed by atoms with E-state index < -0.39 is 11.6 Å². The fourth-order valence-corrected chi connectivity index (χ4v) is 7.36. The number of fused-ring (bicyclic) bond motifs is 2. The Morgan fingerprint density at radius 1 is 0.733 bits per heavy atom. The second-order valence-electron chi connectivity index (χ2n) is 13.0. The van der Waals surface area contributed by atoms with Crippen LogP contribution in [0.4, 0.5) is 4.79 Å². The highest BCUT2D eigenvalue weighted by Crippen LogP contribution is 2.45. The molecule has 7 rings (SSSR count). The molecule has 0 saturated heterocycles. The normalized spacial score (nSPS) is 15.2. The molecule has 2 heterocycles. The molecular formula is C40H37N3O2. The van der Waals surface area contributed by atoms with Gasteiger partial charge in [0.1, 0.15) is 5.54 Å². The zero-order chi connectivity index (χ0) is 31.2. The van der Waals surface area contributed by atoms with E-state index in [-0.39, 0.29) is 11.5 Å². The fraction of sp³-hybridized carbons (Fsp3) is 0.200. The van der Waals surface area contributed by atoms with Crippen LogP contribution in [-0.2, 0) is 12.0 Å². The molecule has 5 nitrogen and oxygen atoms in total. The van der Waals surface area contributed by atoms with Gasteiger partial charge in [0.15, 0.2) is 0 Å². The zero-order valence-corrected chi connectivity index (χ0v) is 25.9. The van der Waals surface area contributed by atoms with Crippen molar-refractivity contribution in [2.24, 2.45) is 5.41 Å². The second-order valence-corrected chi connectivity index (χ2v) is 13.0. The molecule has 224 valence electrons. The van der Waals surface area contributed by atoms with E-state index in [1.54, 1.807) is 4.90 Å². The van der Waals surface area contributed by atoms with Crippen molar-refractivity contribution in [3.8, 4) is 11.1 Å². The number of carboxylic acid groups (broad SMARTS) is 1. The van der Waals surface area contributed by atoms with E-state index in [1.165, 1.54) is 5.56 Å². The molecule has 5 heteroatoms. The van der Waals surface area contributed by atoms with Crippen LogP contribution in [0.2, 0.25) is 0 Å². The maximum absolute atomic E-state index is 12.1. The highest BCUT2D eigenvalue weighted by atomic mass is 16.4. The molecule has 0 fully saturated rings. The molecule has 0 bridgehead atoms. The van der Waals surface area contributed by atoms with E-state index >= 15 is 0 Å². The molecule has 0 saturated carbocycles. The van der Waals surface area contributed by atoms with Crippen LogP contribution >= 0.6 is 0 Å². The standard InChI is InChI=1S/C40H37N3O2/c1-39(2,3)37-34-21-19-28(25-30(34)23-24-42(37)38(44)45)29-20-22-36-35(26-29)41-27-43(36)40(31-13-7-4-8-14-31,32-15-9-5-10-16-32)33-17-11-6-12-18-33/h4-22,25-27,37H,23-24H2,1-3H3,(H,44,45). The zero-order valence-electron chi connectivity index (χ0n) is 25.9. The summed E-state index contributed by atoms with van der Waals surface area (Å²) in [4.78, 5) is 18.7. The number of amides is 1. The first kappa shape index (κ1) is 28.6. The van der Waals surface area contributed by atoms with Gasteiger partial charge in [-0.3, -0.25) is 0 Å². The lowest BCUT2D eigenvalue weighted by Gasteiger charge is -2.43. The molecule has 1 aliphatic rings. The summed E-state index contributed by atoms with van der Waals surface area (Å²) >= 11 is 0. The predicted molar refractivity (Wildman–Crippen MR) is 180 cm³/mol. The summed E-state index contributed by atoms with van der Waals surface area (Å²) in [7, 11) is 0. The summed E-state index contributed by atoms with van der Waals surface area (Å²) in [5, 5.41) is 9.93. The van der Waals surface area contributed by atoms with Crippen molar-refractivity contribution in [2.45, 2.75) is 38.8 Å². The Labute approximate surface area is 264 Å². The molecule has 5 aromatic carbocycles. The third kappa shape index (κ3) is 4.80. The van der Waals surface area contributed by atoms with E-state index in [0.717, 1.165) is 44.4 Å². The molecule has 45 heavy (non-hydrogen) atoms. The van der Waals surface area contributed by atoms with Crippen molar-refractivity contribution in [3.63, 3.8) is 0 Å². The molecular weight excluding hydrogens is 554 g/mol. The van der Waals surface area contributed by atoms with Gasteiger partial charge in [-0.1, -0.05) is 136 Å². The molecule has 6 aromatic rings. The van der Waals surface area contributed by atoms with Gasteiger partial charge in [-0.05, 0) is 62.9 Å². The smallest absolute Gasteiger partial charge is 0.407 e. The van der Waals surface area contributed by atoms with Crippen LogP contribution in [0.3, 0.4) is 0 Å². The maximum Gasteiger partial charge on any atom is 0.407 e. The Morgan fingerprint density at radius 3 is 1.80 bits per heavy atom. The van der Waals surface area contributed by atoms with Crippen LogP contribution in [0.15, 0.2) is 134 Å². The first-order valence-electron chi connectivity index (χ1n) is 15.6. The summed E-state index contributed by atoms with van der Waals surface area (Å²) in [5.41, 5.74) is 9.09. The minimum Gasteiger partial charge on any atom is -0.465 e. The number of rotatable bonds is 5. The first-order chi connectivity index (χ1) is 21.8. The third-order valence-electron chi connectivity index (χ3n) is 9.25. The summed E-state index contributed by atoms with van der Waals surface area (Å²) in [5.74, 6) is 0. The monoisotopic (exact) mass is 591 g/mol. The van der Waals surface area contributed by atoms with Crippen LogP contribution in [0.25, 0.3) is 22.2 Å². The maximum atomic E-state index is 12.1. The molecule has 1 unspecified atom stereocenters. The topological polar surface area (TPSA) is 58.4 Å². The quantitative estimate of drug-likeness (QED) is 0.203. The van der Waals surface area contributed by atoms with Crippen LogP contribution in [0.5, 0.6) is 0 Å². The van der Waals surface area contributed by atoms with Crippen molar-refractivity contribution in [2.75, 3.05) is 6.54 Å². The Balaban J connectivity index is 1.37. The number of imidazole rings is 1. The van der Waals surface area contributed by atoms with Crippen molar-refractivity contribution in [1.82, 2.24) is 14.5 Å². The largest absolute Gasteiger partial charge is 0.465 e. The highest BCUT2D eigenvalue weighted by molar-refractivity contribution is 5.83. The molecule has 1 aliphatic heterocycles. The molecule has 1 aromatic heterocycles. The van der Waals surface area contributed by atoms with Gasteiger partial charge < -0.3 is 14.6 Å². The number of benzene rings is 5. The Hall–Kier alpha value is -5.16. The van der Waals surface area contributed by atoms with Crippen molar-refractivity contribution < 1.29 is 9.90 Å². The van der Waals surface area contributed by atoms with E-state index in [4.69, 9.17) is 4.98 Å². The Bertz CT molecular complexity index is 1880. The average Bonchev–Trinajstić information content (AvgIpc) is 3.49. The molecule has 0 spiro atoms. The molecule has 0 aliphatic carbocycles. The van der Waals surface area contributed by atoms with Crippen molar-refractivity contribution in [1.29, 1.82) is 0 Å². The molecule has 1 N–H and O–H groups in total. The summed E-state index contributed by atoms with van der Waals surface area (Å²) in [6.45, 7) is 6.83. The first-order valence-corrected chi connectivity index (χ1v) is 15.6. The van der Waals surface area contributed by atoms with Crippen LogP contribution in [-0.4, -0.2) is 32.2 Å². The van der Waals surface area contributed by atoms with Gasteiger partial charge in [-0.2, -0.15) is 0 Å². The van der Waals surface area contributed by atoms with Crippen LogP contribution < -0.4 is 0 Å². The van der Waals surface area contributed by atoms with E-state index in [0.29, 0.717) is 13.0 Å². The lowest BCUT2D eigenvalue weighted by molar-refractivity contribution is 0.0759. The van der Waals surface area contributed by atoms with Gasteiger partial charge in [0, 0.05) is 6.54 Å². The van der Waals surface area contributed by atoms with Gasteiger partial charge in [0.2, 0.25) is 0 Å². The van der Waals surface area contributed by atoms with E-state index in [9.17, 15) is 9.90 Å². The predicted octanol–water partition coefficient (Wildman–Crippen LogP) is 9.17. The summed E-state index contributed by atoms with van der Waals surface area (Å²) in [6, 6.07) is 44.8. The average molecular weight is 592 g/mol. The van der Waals surface area contributed by atoms with Crippen LogP contribution in [0, 0.1) is 5.41 Å². The van der Waals surface area contributed by atoms with E-state index in [1.807, 2.05) is 6.33 Å². The second kappa shape index (κ2) is 11.1. The summed E-state index contributed by atoms with van der Waals surface area (Å²) in [6.07, 6.45) is 1.82. The number of carbonyl (C=O) groups is 1. The summed E-state index contributed by atoms with van der Waals surface area (Å²) < 4.78 is 2.31. The van der Waals surface area contributed by atoms with E-state index in [2.05, 4.69) is 153 Å². The van der Waals surface area contributed by atoms with Crippen LogP contribution in [0.1, 0.15) is 54.6 Å². The minimum absolute atomic E-state index is 0.187. The van der Waals surface area contributed by atoms with Crippen molar-refractivity contribution in [3.05, 3.63) is 162 Å². The van der Waals surface area contributed by atoms with Gasteiger partial charge >= 0.3 is 6.09 Å². The third-order valence-corrected chi connectivity index (χ3v) is 9.25. The fourth-order valence-electron chi connectivity index (χ4n) is 7.36. The lowest BCUT2D eigenvalue weighted by atomic mass is 9.76. The molecule has 1 amide bonds.